The van der Waals surface area contributed by atoms with Gasteiger partial charge in [-0.15, -0.1) is 12.4 Å². The molecule has 0 saturated carbocycles. The molecule has 3 rings (SSSR count). The lowest BCUT2D eigenvalue weighted by Gasteiger charge is -2.08. The minimum Gasteiger partial charge on any atom is -0.391 e. The summed E-state index contributed by atoms with van der Waals surface area (Å²) in [5, 5.41) is 5.02. The summed E-state index contributed by atoms with van der Waals surface area (Å²) in [6.07, 6.45) is 5.38. The highest BCUT2D eigenvalue weighted by molar-refractivity contribution is 9.10. The Balaban J connectivity index is 0.00000225. The summed E-state index contributed by atoms with van der Waals surface area (Å²) in [6, 6.07) is 15.5. The molecule has 4 nitrogen and oxygen atoms in total. The first-order valence-electron chi connectivity index (χ1n) is 7.36. The van der Waals surface area contributed by atoms with Crippen molar-refractivity contribution in [1.82, 2.24) is 9.55 Å². The van der Waals surface area contributed by atoms with Gasteiger partial charge in [-0.05, 0) is 29.8 Å². The fourth-order valence-corrected chi connectivity index (χ4v) is 2.52. The predicted molar refractivity (Wildman–Crippen MR) is 106 cm³/mol. The highest BCUT2D eigenvalue weighted by Crippen LogP contribution is 2.13. The van der Waals surface area contributed by atoms with Gasteiger partial charge in [-0.1, -0.05) is 57.0 Å². The van der Waals surface area contributed by atoms with Crippen LogP contribution in [0.25, 0.3) is 0 Å². The van der Waals surface area contributed by atoms with Crippen molar-refractivity contribution in [3.05, 3.63) is 87.9 Å². The summed E-state index contributed by atoms with van der Waals surface area (Å²) < 4.78 is 2.98. The second-order valence-electron chi connectivity index (χ2n) is 5.18. The van der Waals surface area contributed by atoms with E-state index in [-0.39, 0.29) is 12.4 Å². The molecule has 0 aliphatic rings. The van der Waals surface area contributed by atoms with Gasteiger partial charge in [0.25, 0.3) is 0 Å². The number of benzene rings is 2. The maximum atomic E-state index is 5.97. The summed E-state index contributed by atoms with van der Waals surface area (Å²) in [5.74, 6) is 0. The van der Waals surface area contributed by atoms with Crippen LogP contribution in [0.1, 0.15) is 11.1 Å². The molecular weight excluding hydrogens is 425 g/mol. The molecule has 0 aliphatic heterocycles. The van der Waals surface area contributed by atoms with Gasteiger partial charge in [0.1, 0.15) is 12.3 Å². The topological polar surface area (TPSA) is 39.4 Å². The normalized spacial score (nSPS) is 11.0. The highest BCUT2D eigenvalue weighted by Gasteiger charge is 2.06. The fraction of sp³-hybridized carbons (Fsp3) is 0.111. The lowest BCUT2D eigenvalue weighted by atomic mass is 10.1. The molecule has 0 amide bonds. The van der Waals surface area contributed by atoms with Gasteiger partial charge in [0.15, 0.2) is 0 Å². The molecule has 0 fully saturated rings. The van der Waals surface area contributed by atoms with Crippen LogP contribution in [0.4, 0.5) is 0 Å². The van der Waals surface area contributed by atoms with Gasteiger partial charge in [-0.25, -0.2) is 4.98 Å². The Morgan fingerprint density at radius 2 is 1.84 bits per heavy atom. The molecular formula is C18H16BrCl2N3O. The van der Waals surface area contributed by atoms with E-state index in [9.17, 15) is 0 Å². The number of oxime groups is 1. The van der Waals surface area contributed by atoms with E-state index in [1.54, 1.807) is 12.5 Å². The Bertz CT molecular complexity index is 803. The Morgan fingerprint density at radius 1 is 1.12 bits per heavy atom. The van der Waals surface area contributed by atoms with Gasteiger partial charge in [-0.3, -0.25) is 0 Å². The lowest BCUT2D eigenvalue weighted by Crippen LogP contribution is -2.11. The van der Waals surface area contributed by atoms with Crippen LogP contribution in [-0.2, 0) is 18.0 Å². The minimum absolute atomic E-state index is 0. The second-order valence-corrected chi connectivity index (χ2v) is 6.53. The summed E-state index contributed by atoms with van der Waals surface area (Å²) in [5.41, 5.74) is 2.82. The number of rotatable bonds is 6. The van der Waals surface area contributed by atoms with Crippen LogP contribution in [0.15, 0.2) is 76.9 Å². The van der Waals surface area contributed by atoms with Crippen LogP contribution in [0, 0.1) is 0 Å². The average Bonchev–Trinajstić information content (AvgIpc) is 3.10. The number of halogens is 3. The standard InChI is InChI=1S/C18H15BrClN3O.ClH/c19-16-5-1-14(2-6-16)12-24-22-18(11-23-10-9-21-13-23)15-3-7-17(20)8-4-15;/h1-10,13H,11-12H2;1H. The van der Waals surface area contributed by atoms with E-state index < -0.39 is 0 Å². The molecule has 3 aromatic rings. The lowest BCUT2D eigenvalue weighted by molar-refractivity contribution is 0.130. The molecule has 25 heavy (non-hydrogen) atoms. The monoisotopic (exact) mass is 439 g/mol. The first-order chi connectivity index (χ1) is 11.7. The minimum atomic E-state index is 0. The van der Waals surface area contributed by atoms with Gasteiger partial charge >= 0.3 is 0 Å². The van der Waals surface area contributed by atoms with Crippen LogP contribution in [0.3, 0.4) is 0 Å². The third-order valence-electron chi connectivity index (χ3n) is 3.39. The summed E-state index contributed by atoms with van der Waals surface area (Å²) in [6.45, 7) is 0.982. The molecule has 0 atom stereocenters. The van der Waals surface area contributed by atoms with Crippen molar-refractivity contribution in [1.29, 1.82) is 0 Å². The number of hydrogen-bond donors (Lipinski definition) is 0. The number of aromatic nitrogens is 2. The number of nitrogens with zero attached hydrogens (tertiary/aromatic N) is 3. The van der Waals surface area contributed by atoms with E-state index in [1.165, 1.54) is 0 Å². The maximum absolute atomic E-state index is 5.97. The Morgan fingerprint density at radius 3 is 2.48 bits per heavy atom. The van der Waals surface area contributed by atoms with Gasteiger partial charge in [-0.2, -0.15) is 0 Å². The Hall–Kier alpha value is -1.82. The van der Waals surface area contributed by atoms with E-state index in [0.717, 1.165) is 21.3 Å². The van der Waals surface area contributed by atoms with Crippen molar-refractivity contribution < 1.29 is 4.84 Å². The molecule has 130 valence electrons. The molecule has 1 aromatic heterocycles. The number of imidazole rings is 1. The largest absolute Gasteiger partial charge is 0.391 e. The van der Waals surface area contributed by atoms with E-state index in [2.05, 4.69) is 26.1 Å². The SMILES string of the molecule is Cl.Clc1ccc(C(Cn2ccnc2)=NOCc2ccc(Br)cc2)cc1. The molecule has 0 spiro atoms. The van der Waals surface area contributed by atoms with Crippen molar-refractivity contribution in [2.24, 2.45) is 5.16 Å². The molecule has 1 heterocycles. The smallest absolute Gasteiger partial charge is 0.142 e. The maximum Gasteiger partial charge on any atom is 0.142 e. The van der Waals surface area contributed by atoms with Crippen molar-refractivity contribution in [2.75, 3.05) is 0 Å². The van der Waals surface area contributed by atoms with E-state index in [0.29, 0.717) is 18.2 Å². The van der Waals surface area contributed by atoms with E-state index in [4.69, 9.17) is 16.4 Å². The van der Waals surface area contributed by atoms with E-state index >= 15 is 0 Å². The Kier molecular flexibility index (Phi) is 7.50. The summed E-state index contributed by atoms with van der Waals surface area (Å²) in [7, 11) is 0. The van der Waals surface area contributed by atoms with E-state index in [1.807, 2.05) is 59.3 Å². The highest BCUT2D eigenvalue weighted by atomic mass is 79.9. The van der Waals surface area contributed by atoms with Crippen molar-refractivity contribution in [2.45, 2.75) is 13.2 Å². The van der Waals surface area contributed by atoms with Crippen LogP contribution in [-0.4, -0.2) is 15.3 Å². The first kappa shape index (κ1) is 19.5. The van der Waals surface area contributed by atoms with Crippen LogP contribution in [0.2, 0.25) is 5.02 Å². The van der Waals surface area contributed by atoms with Gasteiger partial charge in [0, 0.05) is 27.5 Å². The molecule has 7 heteroatoms. The van der Waals surface area contributed by atoms with Crippen LogP contribution in [0.5, 0.6) is 0 Å². The molecule has 2 aromatic carbocycles. The third-order valence-corrected chi connectivity index (χ3v) is 4.17. The van der Waals surface area contributed by atoms with Gasteiger partial charge in [0.05, 0.1) is 12.9 Å². The average molecular weight is 441 g/mol. The third kappa shape index (κ3) is 5.88. The summed E-state index contributed by atoms with van der Waals surface area (Å²) >= 11 is 9.38. The molecule has 0 unspecified atom stereocenters. The predicted octanol–water partition coefficient (Wildman–Crippen LogP) is 5.34. The number of hydrogen-bond acceptors (Lipinski definition) is 3. The molecule has 0 radical (unpaired) electrons. The quantitative estimate of drug-likeness (QED) is 0.383. The molecule has 0 aliphatic carbocycles. The van der Waals surface area contributed by atoms with Crippen molar-refractivity contribution >= 4 is 45.6 Å². The molecule has 0 bridgehead atoms. The van der Waals surface area contributed by atoms with Gasteiger partial charge in [0.2, 0.25) is 0 Å². The molecule has 0 saturated heterocycles. The van der Waals surface area contributed by atoms with Crippen LogP contribution < -0.4 is 0 Å². The van der Waals surface area contributed by atoms with Crippen molar-refractivity contribution in [3.63, 3.8) is 0 Å². The van der Waals surface area contributed by atoms with Crippen LogP contribution >= 0.6 is 39.9 Å². The Labute approximate surface area is 166 Å². The zero-order chi connectivity index (χ0) is 16.8. The summed E-state index contributed by atoms with van der Waals surface area (Å²) in [4.78, 5) is 9.62. The van der Waals surface area contributed by atoms with Gasteiger partial charge < -0.3 is 9.40 Å². The zero-order valence-electron chi connectivity index (χ0n) is 13.2. The van der Waals surface area contributed by atoms with Crippen molar-refractivity contribution in [3.8, 4) is 0 Å². The zero-order valence-corrected chi connectivity index (χ0v) is 16.3. The second kappa shape index (κ2) is 9.61. The first-order valence-corrected chi connectivity index (χ1v) is 8.53. The fourth-order valence-electron chi connectivity index (χ4n) is 2.13. The molecule has 0 N–H and O–H groups in total.